The van der Waals surface area contributed by atoms with Gasteiger partial charge in [0.15, 0.2) is 0 Å². The summed E-state index contributed by atoms with van der Waals surface area (Å²) in [6.07, 6.45) is 6.15. The van der Waals surface area contributed by atoms with Crippen LogP contribution in [-0.2, 0) is 16.4 Å². The minimum Gasteiger partial charge on any atom is -0.385 e. The molecule has 1 aromatic rings. The Morgan fingerprint density at radius 3 is 2.67 bits per heavy atom. The average molecular weight is 265 g/mol. The summed E-state index contributed by atoms with van der Waals surface area (Å²) in [5, 5.41) is 11.3. The molecule has 0 amide bonds. The van der Waals surface area contributed by atoms with Crippen LogP contribution in [0.4, 0.5) is 0 Å². The van der Waals surface area contributed by atoms with Gasteiger partial charge in [-0.1, -0.05) is 12.5 Å². The van der Waals surface area contributed by atoms with Gasteiger partial charge < -0.3 is 5.11 Å². The molecule has 1 N–H and O–H groups in total. The van der Waals surface area contributed by atoms with E-state index in [0.717, 1.165) is 30.5 Å². The highest BCUT2D eigenvalue weighted by Gasteiger charge is 2.46. The number of aryl methyl sites for hydroxylation is 1. The highest BCUT2D eigenvalue weighted by molar-refractivity contribution is 7.86. The monoisotopic (exact) mass is 265 g/mol. The van der Waals surface area contributed by atoms with E-state index < -0.39 is 16.4 Å². The third kappa shape index (κ3) is 1.91. The number of aliphatic hydroxyl groups is 1. The Morgan fingerprint density at radius 2 is 2.06 bits per heavy atom. The zero-order valence-electron chi connectivity index (χ0n) is 10.6. The van der Waals surface area contributed by atoms with E-state index >= 15 is 0 Å². The van der Waals surface area contributed by atoms with Crippen LogP contribution in [-0.4, -0.2) is 24.8 Å². The van der Waals surface area contributed by atoms with E-state index in [0.29, 0.717) is 12.8 Å². The number of hydrogen-bond acceptors (Lipinski definition) is 3. The largest absolute Gasteiger partial charge is 0.385 e. The second-order valence-electron chi connectivity index (χ2n) is 5.58. The highest BCUT2D eigenvalue weighted by atomic mass is 32.2. The molecule has 0 aromatic carbocycles. The quantitative estimate of drug-likeness (QED) is 0.845. The number of nitrogens with zero attached hydrogens (tertiary/aromatic N) is 1. The van der Waals surface area contributed by atoms with Crippen LogP contribution in [0.1, 0.15) is 43.4 Å². The fourth-order valence-electron chi connectivity index (χ4n) is 3.48. The van der Waals surface area contributed by atoms with E-state index in [1.165, 1.54) is 0 Å². The highest BCUT2D eigenvalue weighted by Crippen LogP contribution is 2.44. The molecular formula is C14H19NO2S. The van der Waals surface area contributed by atoms with E-state index in [1.807, 2.05) is 19.1 Å². The van der Waals surface area contributed by atoms with Crippen molar-refractivity contribution in [3.05, 3.63) is 29.6 Å². The van der Waals surface area contributed by atoms with Crippen LogP contribution in [0.2, 0.25) is 0 Å². The summed E-state index contributed by atoms with van der Waals surface area (Å²) in [7, 11) is -0.743. The fraction of sp³-hybridized carbons (Fsp3) is 0.643. The summed E-state index contributed by atoms with van der Waals surface area (Å²) >= 11 is 0. The maximum Gasteiger partial charge on any atom is 0.0936 e. The van der Waals surface area contributed by atoms with Gasteiger partial charge in [-0.05, 0) is 38.7 Å². The first-order valence-corrected chi connectivity index (χ1v) is 7.92. The van der Waals surface area contributed by atoms with Gasteiger partial charge in [-0.25, -0.2) is 0 Å². The molecule has 2 unspecified atom stereocenters. The second-order valence-corrected chi connectivity index (χ2v) is 7.57. The Hall–Kier alpha value is -0.740. The van der Waals surface area contributed by atoms with Crippen molar-refractivity contribution in [3.63, 3.8) is 0 Å². The van der Waals surface area contributed by atoms with Gasteiger partial charge in [0.25, 0.3) is 0 Å². The molecule has 3 rings (SSSR count). The Kier molecular flexibility index (Phi) is 3.02. The summed E-state index contributed by atoms with van der Waals surface area (Å²) in [6.45, 7) is 1.94. The first kappa shape index (κ1) is 12.3. The van der Waals surface area contributed by atoms with E-state index in [2.05, 4.69) is 4.98 Å². The van der Waals surface area contributed by atoms with Crippen molar-refractivity contribution < 1.29 is 9.32 Å². The molecule has 1 aromatic heterocycles. The van der Waals surface area contributed by atoms with Crippen molar-refractivity contribution in [1.29, 1.82) is 0 Å². The van der Waals surface area contributed by atoms with Crippen LogP contribution in [0, 0.1) is 6.92 Å². The lowest BCUT2D eigenvalue weighted by Gasteiger charge is -2.44. The van der Waals surface area contributed by atoms with E-state index in [1.54, 1.807) is 6.20 Å². The zero-order valence-corrected chi connectivity index (χ0v) is 11.4. The van der Waals surface area contributed by atoms with E-state index in [4.69, 9.17) is 0 Å². The Labute approximate surface area is 110 Å². The van der Waals surface area contributed by atoms with Gasteiger partial charge in [0, 0.05) is 38.8 Å². The number of rotatable bonds is 1. The van der Waals surface area contributed by atoms with Crippen molar-refractivity contribution in [2.75, 3.05) is 0 Å². The maximum absolute atomic E-state index is 12.2. The van der Waals surface area contributed by atoms with Crippen molar-refractivity contribution in [1.82, 2.24) is 4.98 Å². The third-order valence-corrected chi connectivity index (χ3v) is 6.47. The SMILES string of the molecule is Cc1ncccc1C1(O)CC2CCCC(C1)S2=O. The number of pyridine rings is 1. The van der Waals surface area contributed by atoms with Crippen LogP contribution in [0.3, 0.4) is 0 Å². The summed E-state index contributed by atoms with van der Waals surface area (Å²) in [6, 6.07) is 3.84. The van der Waals surface area contributed by atoms with Crippen molar-refractivity contribution in [2.45, 2.75) is 55.1 Å². The summed E-state index contributed by atoms with van der Waals surface area (Å²) in [5.74, 6) is 0. The van der Waals surface area contributed by atoms with Crippen LogP contribution in [0.15, 0.2) is 18.3 Å². The minimum atomic E-state index is -0.817. The van der Waals surface area contributed by atoms with Gasteiger partial charge in [-0.2, -0.15) is 0 Å². The Balaban J connectivity index is 1.97. The van der Waals surface area contributed by atoms with Crippen LogP contribution >= 0.6 is 0 Å². The summed E-state index contributed by atoms with van der Waals surface area (Å²) in [5.41, 5.74) is 1.01. The number of hydrogen-bond donors (Lipinski definition) is 1. The Morgan fingerprint density at radius 1 is 1.39 bits per heavy atom. The normalized spacial score (nSPS) is 39.6. The lowest BCUT2D eigenvalue weighted by molar-refractivity contribution is 0.00563. The molecule has 0 radical (unpaired) electrons. The molecule has 2 fully saturated rings. The molecule has 2 saturated heterocycles. The van der Waals surface area contributed by atoms with Crippen molar-refractivity contribution in [2.24, 2.45) is 0 Å². The Bertz CT molecular complexity index is 472. The van der Waals surface area contributed by atoms with Crippen LogP contribution in [0.25, 0.3) is 0 Å². The second kappa shape index (κ2) is 4.42. The predicted molar refractivity (Wildman–Crippen MR) is 71.7 cm³/mol. The van der Waals surface area contributed by atoms with Gasteiger partial charge in [0.1, 0.15) is 0 Å². The van der Waals surface area contributed by atoms with Gasteiger partial charge >= 0.3 is 0 Å². The molecule has 2 aliphatic heterocycles. The first-order valence-electron chi connectivity index (χ1n) is 6.64. The standard InChI is InChI=1S/C14H19NO2S/c1-10-13(6-3-7-15-10)14(16)8-11-4-2-5-12(9-14)18(11)17/h3,6-7,11-12,16H,2,4-5,8-9H2,1H3. The maximum atomic E-state index is 12.2. The third-order valence-electron chi connectivity index (χ3n) is 4.35. The van der Waals surface area contributed by atoms with Gasteiger partial charge in [0.05, 0.1) is 5.60 Å². The minimum absolute atomic E-state index is 0.169. The molecule has 3 heterocycles. The molecule has 0 aliphatic carbocycles. The first-order chi connectivity index (χ1) is 8.60. The molecule has 3 nitrogen and oxygen atoms in total. The van der Waals surface area contributed by atoms with Crippen molar-refractivity contribution in [3.8, 4) is 0 Å². The molecule has 4 heteroatoms. The van der Waals surface area contributed by atoms with Crippen LogP contribution in [0.5, 0.6) is 0 Å². The van der Waals surface area contributed by atoms with Gasteiger partial charge in [-0.15, -0.1) is 0 Å². The summed E-state index contributed by atoms with van der Waals surface area (Å²) < 4.78 is 12.2. The van der Waals surface area contributed by atoms with Gasteiger partial charge in [0.2, 0.25) is 0 Å². The van der Waals surface area contributed by atoms with Crippen LogP contribution < -0.4 is 0 Å². The number of aromatic nitrogens is 1. The lowest BCUT2D eigenvalue weighted by atomic mass is 9.80. The zero-order chi connectivity index (χ0) is 12.8. The number of fused-ring (bicyclic) bond motifs is 2. The van der Waals surface area contributed by atoms with Crippen molar-refractivity contribution >= 4 is 10.8 Å². The van der Waals surface area contributed by atoms with Gasteiger partial charge in [-0.3, -0.25) is 9.19 Å². The van der Waals surface area contributed by atoms with E-state index in [-0.39, 0.29) is 10.5 Å². The molecule has 0 saturated carbocycles. The molecule has 0 spiro atoms. The smallest absolute Gasteiger partial charge is 0.0936 e. The predicted octanol–water partition coefficient (Wildman–Crippen LogP) is 2.04. The average Bonchev–Trinajstić information content (AvgIpc) is 2.32. The molecule has 18 heavy (non-hydrogen) atoms. The fourth-order valence-corrected chi connectivity index (χ4v) is 5.70. The molecular weight excluding hydrogens is 246 g/mol. The molecule has 2 aliphatic rings. The lowest BCUT2D eigenvalue weighted by Crippen LogP contribution is -2.47. The summed E-state index contributed by atoms with van der Waals surface area (Å²) in [4.78, 5) is 4.28. The molecule has 2 bridgehead atoms. The topological polar surface area (TPSA) is 50.2 Å². The van der Waals surface area contributed by atoms with E-state index in [9.17, 15) is 9.32 Å². The molecule has 2 atom stereocenters. The molecule has 98 valence electrons.